The molecule has 0 aliphatic carbocycles. The second kappa shape index (κ2) is 6.48. The molecule has 0 amide bonds. The molecule has 1 atom stereocenters. The van der Waals surface area contributed by atoms with E-state index in [1.54, 1.807) is 17.1 Å². The fourth-order valence-electron chi connectivity index (χ4n) is 2.36. The lowest BCUT2D eigenvalue weighted by molar-refractivity contribution is 0.232. The van der Waals surface area contributed by atoms with Crippen LogP contribution < -0.4 is 5.32 Å². The predicted octanol–water partition coefficient (Wildman–Crippen LogP) is 1.02. The number of nitrogens with zero attached hydrogens (tertiary/aromatic N) is 5. The van der Waals surface area contributed by atoms with Crippen LogP contribution in [0.1, 0.15) is 5.69 Å². The quantitative estimate of drug-likeness (QED) is 0.706. The van der Waals surface area contributed by atoms with Gasteiger partial charge in [0.05, 0.1) is 11.6 Å². The third-order valence-corrected chi connectivity index (χ3v) is 3.57. The van der Waals surface area contributed by atoms with E-state index in [1.165, 1.54) is 6.33 Å². The molecule has 0 fully saturated rings. The highest BCUT2D eigenvalue weighted by atomic mass is 16.3. The van der Waals surface area contributed by atoms with Crippen molar-refractivity contribution >= 4 is 16.9 Å². The Balaban J connectivity index is 1.69. The molecule has 0 aliphatic heterocycles. The van der Waals surface area contributed by atoms with Gasteiger partial charge in [-0.1, -0.05) is 6.07 Å². The number of anilines is 1. The van der Waals surface area contributed by atoms with E-state index in [1.807, 2.05) is 25.2 Å². The lowest BCUT2D eigenvalue weighted by Gasteiger charge is -2.15. The molecule has 0 radical (unpaired) electrons. The number of aromatic nitrogens is 5. The zero-order valence-electron chi connectivity index (χ0n) is 12.3. The Morgan fingerprint density at radius 3 is 2.95 bits per heavy atom. The number of aliphatic hydroxyl groups is 1. The Labute approximate surface area is 128 Å². The topological polar surface area (TPSA) is 88.8 Å². The maximum Gasteiger partial charge on any atom is 0.163 e. The van der Waals surface area contributed by atoms with Gasteiger partial charge in [-0.2, -0.15) is 5.10 Å². The highest BCUT2D eigenvalue weighted by molar-refractivity contribution is 5.85. The Morgan fingerprint density at radius 2 is 2.18 bits per heavy atom. The van der Waals surface area contributed by atoms with Crippen LogP contribution in [0.25, 0.3) is 11.0 Å². The molecule has 3 rings (SSSR count). The average molecular weight is 298 g/mol. The van der Waals surface area contributed by atoms with Gasteiger partial charge in [-0.15, -0.1) is 0 Å². The van der Waals surface area contributed by atoms with E-state index in [9.17, 15) is 5.11 Å². The van der Waals surface area contributed by atoms with Gasteiger partial charge in [0.25, 0.3) is 0 Å². The predicted molar refractivity (Wildman–Crippen MR) is 83.3 cm³/mol. The van der Waals surface area contributed by atoms with E-state index in [0.717, 1.165) is 22.5 Å². The van der Waals surface area contributed by atoms with Crippen LogP contribution in [0.3, 0.4) is 0 Å². The monoisotopic (exact) mass is 298 g/mol. The molecule has 0 aromatic carbocycles. The summed E-state index contributed by atoms with van der Waals surface area (Å²) in [5, 5.41) is 17.9. The van der Waals surface area contributed by atoms with Gasteiger partial charge in [0.15, 0.2) is 5.65 Å². The van der Waals surface area contributed by atoms with Crippen LogP contribution in [-0.2, 0) is 13.5 Å². The molecular formula is C15H18N6O. The van der Waals surface area contributed by atoms with Gasteiger partial charge in [0, 0.05) is 38.0 Å². The molecule has 0 saturated carbocycles. The largest absolute Gasteiger partial charge is 0.396 e. The fourth-order valence-corrected chi connectivity index (χ4v) is 2.36. The summed E-state index contributed by atoms with van der Waals surface area (Å²) in [6.45, 7) is 0.693. The summed E-state index contributed by atoms with van der Waals surface area (Å²) in [6.07, 6.45) is 5.73. The molecule has 7 nitrogen and oxygen atoms in total. The standard InChI is InChI=1S/C15H18N6O/c1-21-15-13(8-20-21)14(18-10-19-15)17-7-11(9-22)6-12-4-2-3-5-16-12/h2-5,8,10-11,22H,6-7,9H2,1H3,(H,17,18,19). The van der Waals surface area contributed by atoms with Crippen molar-refractivity contribution in [2.75, 3.05) is 18.5 Å². The number of hydrogen-bond donors (Lipinski definition) is 2. The van der Waals surface area contributed by atoms with Crippen molar-refractivity contribution < 1.29 is 5.11 Å². The highest BCUT2D eigenvalue weighted by Gasteiger charge is 2.12. The van der Waals surface area contributed by atoms with E-state index < -0.39 is 0 Å². The van der Waals surface area contributed by atoms with Crippen molar-refractivity contribution in [2.24, 2.45) is 13.0 Å². The first-order valence-corrected chi connectivity index (χ1v) is 7.15. The molecule has 3 aromatic rings. The summed E-state index contributed by atoms with van der Waals surface area (Å²) in [5.74, 6) is 0.800. The van der Waals surface area contributed by atoms with Crippen molar-refractivity contribution in [3.05, 3.63) is 42.6 Å². The van der Waals surface area contributed by atoms with Crippen LogP contribution in [-0.4, -0.2) is 43.0 Å². The minimum atomic E-state index is 0.0663. The third-order valence-electron chi connectivity index (χ3n) is 3.57. The van der Waals surface area contributed by atoms with Crippen molar-refractivity contribution in [1.82, 2.24) is 24.7 Å². The van der Waals surface area contributed by atoms with Gasteiger partial charge in [0.1, 0.15) is 12.1 Å². The summed E-state index contributed by atoms with van der Waals surface area (Å²) < 4.78 is 1.71. The fraction of sp³-hybridized carbons (Fsp3) is 0.333. The average Bonchev–Trinajstić information content (AvgIpc) is 2.94. The molecule has 0 bridgehead atoms. The lowest BCUT2D eigenvalue weighted by atomic mass is 10.0. The summed E-state index contributed by atoms with van der Waals surface area (Å²) in [7, 11) is 1.84. The Morgan fingerprint density at radius 1 is 1.27 bits per heavy atom. The molecule has 0 spiro atoms. The van der Waals surface area contributed by atoms with Crippen molar-refractivity contribution in [1.29, 1.82) is 0 Å². The normalized spacial score (nSPS) is 12.5. The molecule has 3 aromatic heterocycles. The Kier molecular flexibility index (Phi) is 4.24. The molecule has 114 valence electrons. The van der Waals surface area contributed by atoms with Crippen molar-refractivity contribution in [3.8, 4) is 0 Å². The molecule has 2 N–H and O–H groups in total. The molecule has 3 heterocycles. The molecular weight excluding hydrogens is 280 g/mol. The lowest BCUT2D eigenvalue weighted by Crippen LogP contribution is -2.21. The van der Waals surface area contributed by atoms with Crippen LogP contribution in [0.4, 0.5) is 5.82 Å². The summed E-state index contributed by atoms with van der Waals surface area (Å²) in [5.41, 5.74) is 1.75. The Hall–Kier alpha value is -2.54. The summed E-state index contributed by atoms with van der Waals surface area (Å²) >= 11 is 0. The van der Waals surface area contributed by atoms with Crippen LogP contribution in [0.5, 0.6) is 0 Å². The minimum Gasteiger partial charge on any atom is -0.396 e. The summed E-state index contributed by atoms with van der Waals surface area (Å²) in [4.78, 5) is 12.8. The van der Waals surface area contributed by atoms with E-state index in [2.05, 4.69) is 25.4 Å². The highest BCUT2D eigenvalue weighted by Crippen LogP contribution is 2.18. The van der Waals surface area contributed by atoms with E-state index in [0.29, 0.717) is 13.0 Å². The second-order valence-electron chi connectivity index (χ2n) is 5.18. The van der Waals surface area contributed by atoms with E-state index in [-0.39, 0.29) is 12.5 Å². The van der Waals surface area contributed by atoms with Crippen LogP contribution in [0, 0.1) is 5.92 Å². The van der Waals surface area contributed by atoms with Crippen molar-refractivity contribution in [3.63, 3.8) is 0 Å². The Bertz CT molecular complexity index is 742. The first-order chi connectivity index (χ1) is 10.8. The number of nitrogens with one attached hydrogen (secondary N) is 1. The smallest absolute Gasteiger partial charge is 0.163 e. The SMILES string of the molecule is Cn1ncc2c(NCC(CO)Cc3ccccn3)ncnc21. The van der Waals surface area contributed by atoms with Crippen LogP contribution >= 0.6 is 0 Å². The number of aliphatic hydroxyl groups excluding tert-OH is 1. The second-order valence-corrected chi connectivity index (χ2v) is 5.18. The maximum atomic E-state index is 9.57. The third kappa shape index (κ3) is 3.04. The zero-order valence-corrected chi connectivity index (χ0v) is 12.3. The molecule has 22 heavy (non-hydrogen) atoms. The van der Waals surface area contributed by atoms with Crippen LogP contribution in [0.2, 0.25) is 0 Å². The molecule has 1 unspecified atom stereocenters. The number of fused-ring (bicyclic) bond motifs is 1. The van der Waals surface area contributed by atoms with E-state index in [4.69, 9.17) is 0 Å². The van der Waals surface area contributed by atoms with Gasteiger partial charge >= 0.3 is 0 Å². The van der Waals surface area contributed by atoms with Gasteiger partial charge < -0.3 is 10.4 Å². The number of hydrogen-bond acceptors (Lipinski definition) is 6. The van der Waals surface area contributed by atoms with Gasteiger partial charge in [-0.25, -0.2) is 9.97 Å². The van der Waals surface area contributed by atoms with Crippen molar-refractivity contribution in [2.45, 2.75) is 6.42 Å². The number of pyridine rings is 1. The first-order valence-electron chi connectivity index (χ1n) is 7.15. The maximum absolute atomic E-state index is 9.57. The zero-order chi connectivity index (χ0) is 15.4. The van der Waals surface area contributed by atoms with Crippen LogP contribution in [0.15, 0.2) is 36.9 Å². The van der Waals surface area contributed by atoms with Gasteiger partial charge in [-0.3, -0.25) is 9.67 Å². The molecule has 7 heteroatoms. The number of aryl methyl sites for hydroxylation is 1. The van der Waals surface area contributed by atoms with Gasteiger partial charge in [0.2, 0.25) is 0 Å². The van der Waals surface area contributed by atoms with Gasteiger partial charge in [-0.05, 0) is 18.6 Å². The molecule has 0 aliphatic rings. The summed E-state index contributed by atoms with van der Waals surface area (Å²) in [6, 6.07) is 5.80. The number of rotatable bonds is 6. The minimum absolute atomic E-state index is 0.0663. The van der Waals surface area contributed by atoms with E-state index >= 15 is 0 Å². The molecule has 0 saturated heterocycles. The first kappa shape index (κ1) is 14.4.